The van der Waals surface area contributed by atoms with Crippen LogP contribution in [0.1, 0.15) is 46.9 Å². The Morgan fingerprint density at radius 1 is 0.786 bits per heavy atom. The molecule has 0 bridgehead atoms. The lowest BCUT2D eigenvalue weighted by Crippen LogP contribution is -2.50. The van der Waals surface area contributed by atoms with E-state index in [9.17, 15) is 9.59 Å². The van der Waals surface area contributed by atoms with Gasteiger partial charge in [0.15, 0.2) is 0 Å². The smallest absolute Gasteiger partial charge is 0.253 e. The first-order valence-corrected chi connectivity index (χ1v) is 10.1. The number of benzene rings is 2. The third-order valence-corrected chi connectivity index (χ3v) is 4.99. The third-order valence-electron chi connectivity index (χ3n) is 4.99. The highest BCUT2D eigenvalue weighted by Crippen LogP contribution is 2.16. The highest BCUT2D eigenvalue weighted by molar-refractivity contribution is 5.96. The number of carbonyl (C=O) groups excluding carboxylic acids is 2. The minimum atomic E-state index is 0.00402. The number of piperazine rings is 1. The minimum absolute atomic E-state index is 0.00402. The number of hydrogen-bond acceptors (Lipinski definition) is 3. The summed E-state index contributed by atoms with van der Waals surface area (Å²) in [4.78, 5) is 28.9. The highest BCUT2D eigenvalue weighted by atomic mass is 16.5. The molecule has 0 N–H and O–H groups in total. The Labute approximate surface area is 166 Å². The molecule has 0 saturated carbocycles. The Bertz CT molecular complexity index is 766. The molecule has 0 aliphatic carbocycles. The van der Waals surface area contributed by atoms with E-state index in [1.54, 1.807) is 0 Å². The Kier molecular flexibility index (Phi) is 7.06. The SMILES string of the molecule is CCCCCOc1ccc(C(=O)N2CCN(C(=O)c3ccccc3)CC2)cc1. The van der Waals surface area contributed by atoms with Crippen molar-refractivity contribution in [3.63, 3.8) is 0 Å². The lowest BCUT2D eigenvalue weighted by molar-refractivity contribution is 0.0535. The predicted molar refractivity (Wildman–Crippen MR) is 110 cm³/mol. The van der Waals surface area contributed by atoms with Crippen LogP contribution in [0.3, 0.4) is 0 Å². The molecule has 2 aromatic rings. The van der Waals surface area contributed by atoms with Crippen molar-refractivity contribution in [2.24, 2.45) is 0 Å². The van der Waals surface area contributed by atoms with Gasteiger partial charge in [0.05, 0.1) is 6.61 Å². The van der Waals surface area contributed by atoms with Gasteiger partial charge in [0, 0.05) is 37.3 Å². The summed E-state index contributed by atoms with van der Waals surface area (Å²) >= 11 is 0. The molecule has 0 aromatic heterocycles. The first-order chi connectivity index (χ1) is 13.7. The molecule has 5 heteroatoms. The van der Waals surface area contributed by atoms with E-state index in [2.05, 4.69) is 6.92 Å². The molecule has 0 spiro atoms. The number of rotatable bonds is 7. The van der Waals surface area contributed by atoms with E-state index in [1.807, 2.05) is 64.4 Å². The fourth-order valence-electron chi connectivity index (χ4n) is 3.29. The summed E-state index contributed by atoms with van der Waals surface area (Å²) in [5, 5.41) is 0. The molecule has 1 saturated heterocycles. The molecule has 3 rings (SSSR count). The van der Waals surface area contributed by atoms with Crippen molar-refractivity contribution in [1.29, 1.82) is 0 Å². The summed E-state index contributed by atoms with van der Waals surface area (Å²) in [7, 11) is 0. The van der Waals surface area contributed by atoms with Gasteiger partial charge in [-0.1, -0.05) is 38.0 Å². The van der Waals surface area contributed by atoms with Gasteiger partial charge in [-0.2, -0.15) is 0 Å². The van der Waals surface area contributed by atoms with Crippen LogP contribution in [0.2, 0.25) is 0 Å². The first kappa shape index (κ1) is 19.9. The number of nitrogens with zero attached hydrogens (tertiary/aromatic N) is 2. The second kappa shape index (κ2) is 9.93. The van der Waals surface area contributed by atoms with Crippen molar-refractivity contribution in [3.05, 3.63) is 65.7 Å². The summed E-state index contributed by atoms with van der Waals surface area (Å²) < 4.78 is 5.70. The molecular formula is C23H28N2O3. The molecule has 0 atom stereocenters. The van der Waals surface area contributed by atoms with E-state index >= 15 is 0 Å². The van der Waals surface area contributed by atoms with E-state index in [0.717, 1.165) is 18.6 Å². The van der Waals surface area contributed by atoms with E-state index in [4.69, 9.17) is 4.74 Å². The second-order valence-electron chi connectivity index (χ2n) is 7.03. The van der Waals surface area contributed by atoms with Crippen LogP contribution in [-0.4, -0.2) is 54.4 Å². The average molecular weight is 380 g/mol. The molecular weight excluding hydrogens is 352 g/mol. The van der Waals surface area contributed by atoms with Gasteiger partial charge in [-0.05, 0) is 42.8 Å². The van der Waals surface area contributed by atoms with Gasteiger partial charge in [0.2, 0.25) is 0 Å². The number of amides is 2. The van der Waals surface area contributed by atoms with Gasteiger partial charge in [-0.3, -0.25) is 9.59 Å². The van der Waals surface area contributed by atoms with E-state index in [1.165, 1.54) is 6.42 Å². The lowest BCUT2D eigenvalue weighted by Gasteiger charge is -2.34. The minimum Gasteiger partial charge on any atom is -0.494 e. The molecule has 2 aromatic carbocycles. The fraction of sp³-hybridized carbons (Fsp3) is 0.391. The van der Waals surface area contributed by atoms with Crippen LogP contribution < -0.4 is 4.74 Å². The Balaban J connectivity index is 1.50. The van der Waals surface area contributed by atoms with Crippen LogP contribution in [0.5, 0.6) is 5.75 Å². The zero-order chi connectivity index (χ0) is 19.8. The molecule has 0 unspecified atom stereocenters. The summed E-state index contributed by atoms with van der Waals surface area (Å²) in [6, 6.07) is 16.6. The number of ether oxygens (including phenoxy) is 1. The Morgan fingerprint density at radius 3 is 1.86 bits per heavy atom. The van der Waals surface area contributed by atoms with Gasteiger partial charge in [-0.15, -0.1) is 0 Å². The van der Waals surface area contributed by atoms with Gasteiger partial charge < -0.3 is 14.5 Å². The van der Waals surface area contributed by atoms with Crippen LogP contribution in [-0.2, 0) is 0 Å². The quantitative estimate of drug-likeness (QED) is 0.686. The maximum absolute atomic E-state index is 12.7. The molecule has 2 amide bonds. The summed E-state index contributed by atoms with van der Waals surface area (Å²) in [6.45, 7) is 5.08. The summed E-state index contributed by atoms with van der Waals surface area (Å²) in [5.74, 6) is 0.826. The standard InChI is InChI=1S/C23H28N2O3/c1-2-3-7-18-28-21-12-10-20(11-13-21)23(27)25-16-14-24(15-17-25)22(26)19-8-5-4-6-9-19/h4-6,8-13H,2-3,7,14-18H2,1H3. The maximum Gasteiger partial charge on any atom is 0.253 e. The zero-order valence-electron chi connectivity index (χ0n) is 16.5. The Morgan fingerprint density at radius 2 is 1.32 bits per heavy atom. The average Bonchev–Trinajstić information content (AvgIpc) is 2.77. The van der Waals surface area contributed by atoms with E-state index in [-0.39, 0.29) is 11.8 Å². The molecule has 28 heavy (non-hydrogen) atoms. The predicted octanol–water partition coefficient (Wildman–Crippen LogP) is 3.85. The van der Waals surface area contributed by atoms with Crippen molar-refractivity contribution in [2.75, 3.05) is 32.8 Å². The number of hydrogen-bond donors (Lipinski definition) is 0. The van der Waals surface area contributed by atoms with Crippen LogP contribution >= 0.6 is 0 Å². The molecule has 1 fully saturated rings. The monoisotopic (exact) mass is 380 g/mol. The normalized spacial score (nSPS) is 14.0. The van der Waals surface area contributed by atoms with Gasteiger partial charge in [0.25, 0.3) is 11.8 Å². The number of unbranched alkanes of at least 4 members (excludes halogenated alkanes) is 2. The van der Waals surface area contributed by atoms with Crippen molar-refractivity contribution in [3.8, 4) is 5.75 Å². The third kappa shape index (κ3) is 5.12. The van der Waals surface area contributed by atoms with Gasteiger partial charge in [-0.25, -0.2) is 0 Å². The van der Waals surface area contributed by atoms with Crippen molar-refractivity contribution in [1.82, 2.24) is 9.80 Å². The van der Waals surface area contributed by atoms with Crippen LogP contribution in [0.25, 0.3) is 0 Å². The largest absolute Gasteiger partial charge is 0.494 e. The van der Waals surface area contributed by atoms with E-state index < -0.39 is 0 Å². The topological polar surface area (TPSA) is 49.9 Å². The molecule has 5 nitrogen and oxygen atoms in total. The van der Waals surface area contributed by atoms with Crippen LogP contribution in [0.15, 0.2) is 54.6 Å². The molecule has 1 heterocycles. The molecule has 1 aliphatic heterocycles. The van der Waals surface area contributed by atoms with Gasteiger partial charge >= 0.3 is 0 Å². The van der Waals surface area contributed by atoms with Crippen LogP contribution in [0.4, 0.5) is 0 Å². The highest BCUT2D eigenvalue weighted by Gasteiger charge is 2.25. The van der Waals surface area contributed by atoms with E-state index in [0.29, 0.717) is 43.9 Å². The zero-order valence-corrected chi connectivity index (χ0v) is 16.5. The first-order valence-electron chi connectivity index (χ1n) is 10.1. The van der Waals surface area contributed by atoms with Crippen molar-refractivity contribution in [2.45, 2.75) is 26.2 Å². The fourth-order valence-corrected chi connectivity index (χ4v) is 3.29. The molecule has 1 aliphatic rings. The number of carbonyl (C=O) groups is 2. The van der Waals surface area contributed by atoms with Crippen molar-refractivity contribution < 1.29 is 14.3 Å². The molecule has 148 valence electrons. The second-order valence-corrected chi connectivity index (χ2v) is 7.03. The summed E-state index contributed by atoms with van der Waals surface area (Å²) in [6.07, 6.45) is 3.37. The summed E-state index contributed by atoms with van der Waals surface area (Å²) in [5.41, 5.74) is 1.35. The Hall–Kier alpha value is -2.82. The molecule has 0 radical (unpaired) electrons. The lowest BCUT2D eigenvalue weighted by atomic mass is 10.1. The van der Waals surface area contributed by atoms with Crippen molar-refractivity contribution >= 4 is 11.8 Å². The van der Waals surface area contributed by atoms with Crippen LogP contribution in [0, 0.1) is 0 Å². The maximum atomic E-state index is 12.7. The van der Waals surface area contributed by atoms with Gasteiger partial charge in [0.1, 0.15) is 5.75 Å².